The summed E-state index contributed by atoms with van der Waals surface area (Å²) >= 11 is 0. The van der Waals surface area contributed by atoms with Crippen molar-refractivity contribution in [1.82, 2.24) is 10.1 Å². The van der Waals surface area contributed by atoms with Gasteiger partial charge in [0.05, 0.1) is 25.0 Å². The highest BCUT2D eigenvalue weighted by Gasteiger charge is 2.23. The van der Waals surface area contributed by atoms with Gasteiger partial charge in [-0.3, -0.25) is 4.21 Å². The standard InChI is InChI=1S/C15H20N2O4S/c1-15(2,3)14-16-12(21-17-14)9-22(18)13-10(19-4)7-6-8-11(13)20-5/h6-8H,9H2,1-5H3/t22-/m1/s1. The van der Waals surface area contributed by atoms with E-state index in [2.05, 4.69) is 10.1 Å². The Labute approximate surface area is 132 Å². The summed E-state index contributed by atoms with van der Waals surface area (Å²) in [7, 11) is 1.64. The molecule has 0 bridgehead atoms. The van der Waals surface area contributed by atoms with Gasteiger partial charge in [0.25, 0.3) is 0 Å². The third-order valence-electron chi connectivity index (χ3n) is 3.00. The molecule has 2 rings (SSSR count). The van der Waals surface area contributed by atoms with E-state index < -0.39 is 10.8 Å². The first kappa shape index (κ1) is 16.5. The van der Waals surface area contributed by atoms with E-state index in [-0.39, 0.29) is 11.2 Å². The molecule has 0 saturated carbocycles. The first-order valence-corrected chi connectivity index (χ1v) is 8.11. The molecule has 0 fully saturated rings. The van der Waals surface area contributed by atoms with Crippen LogP contribution in [0.5, 0.6) is 11.5 Å². The molecule has 0 N–H and O–H groups in total. The number of nitrogens with zero attached hydrogens (tertiary/aromatic N) is 2. The van der Waals surface area contributed by atoms with E-state index in [1.807, 2.05) is 20.8 Å². The highest BCUT2D eigenvalue weighted by molar-refractivity contribution is 7.84. The summed E-state index contributed by atoms with van der Waals surface area (Å²) in [4.78, 5) is 4.79. The fraction of sp³-hybridized carbons (Fsp3) is 0.467. The van der Waals surface area contributed by atoms with Crippen molar-refractivity contribution in [3.05, 3.63) is 29.9 Å². The summed E-state index contributed by atoms with van der Waals surface area (Å²) in [5.74, 6) is 2.05. The van der Waals surface area contributed by atoms with Crippen LogP contribution in [0.15, 0.2) is 27.6 Å². The predicted octanol–water partition coefficient (Wildman–Crippen LogP) is 2.69. The van der Waals surface area contributed by atoms with E-state index in [4.69, 9.17) is 14.0 Å². The maximum absolute atomic E-state index is 12.7. The minimum atomic E-state index is -1.42. The zero-order chi connectivity index (χ0) is 16.3. The van der Waals surface area contributed by atoms with Crippen LogP contribution < -0.4 is 9.47 Å². The summed E-state index contributed by atoms with van der Waals surface area (Å²) in [5, 5.41) is 3.94. The highest BCUT2D eigenvalue weighted by atomic mass is 32.2. The van der Waals surface area contributed by atoms with Crippen LogP contribution in [-0.4, -0.2) is 28.6 Å². The Morgan fingerprint density at radius 1 is 1.18 bits per heavy atom. The number of aromatic nitrogens is 2. The van der Waals surface area contributed by atoms with Gasteiger partial charge in [0.2, 0.25) is 5.89 Å². The first-order chi connectivity index (χ1) is 10.4. The summed E-state index contributed by atoms with van der Waals surface area (Å²) in [5.41, 5.74) is -0.217. The second-order valence-corrected chi connectivity index (χ2v) is 7.13. The fourth-order valence-corrected chi connectivity index (χ4v) is 3.08. The molecule has 22 heavy (non-hydrogen) atoms. The lowest BCUT2D eigenvalue weighted by molar-refractivity contribution is 0.369. The SMILES string of the molecule is COc1cccc(OC)c1[S@](=O)Cc1nc(C(C)(C)C)no1. The van der Waals surface area contributed by atoms with Crippen molar-refractivity contribution in [3.63, 3.8) is 0 Å². The minimum absolute atomic E-state index is 0.111. The van der Waals surface area contributed by atoms with Crippen molar-refractivity contribution in [1.29, 1.82) is 0 Å². The Morgan fingerprint density at radius 2 is 1.77 bits per heavy atom. The highest BCUT2D eigenvalue weighted by Crippen LogP contribution is 2.32. The number of hydrogen-bond acceptors (Lipinski definition) is 6. The lowest BCUT2D eigenvalue weighted by Gasteiger charge is -2.12. The normalized spacial score (nSPS) is 13.0. The number of ether oxygens (including phenoxy) is 2. The van der Waals surface area contributed by atoms with Gasteiger partial charge in [0.1, 0.15) is 22.1 Å². The second-order valence-electron chi connectivity index (χ2n) is 5.74. The molecule has 0 saturated heterocycles. The van der Waals surface area contributed by atoms with Crippen molar-refractivity contribution >= 4 is 10.8 Å². The lowest BCUT2D eigenvalue weighted by atomic mass is 9.96. The molecule has 1 aromatic heterocycles. The molecule has 1 heterocycles. The topological polar surface area (TPSA) is 74.5 Å². The third kappa shape index (κ3) is 3.47. The molecule has 0 radical (unpaired) electrons. The van der Waals surface area contributed by atoms with E-state index in [9.17, 15) is 4.21 Å². The zero-order valence-electron chi connectivity index (χ0n) is 13.4. The van der Waals surface area contributed by atoms with Crippen LogP contribution in [0, 0.1) is 0 Å². The third-order valence-corrected chi connectivity index (χ3v) is 4.37. The molecule has 1 aromatic carbocycles. The molecule has 0 aliphatic heterocycles. The fourth-order valence-electron chi connectivity index (χ4n) is 1.84. The Hall–Kier alpha value is -1.89. The molecule has 0 amide bonds. The smallest absolute Gasteiger partial charge is 0.239 e. The summed E-state index contributed by atoms with van der Waals surface area (Å²) in [6.45, 7) is 5.96. The van der Waals surface area contributed by atoms with Crippen molar-refractivity contribution in [2.75, 3.05) is 14.2 Å². The van der Waals surface area contributed by atoms with Gasteiger partial charge >= 0.3 is 0 Å². The molecule has 7 heteroatoms. The lowest BCUT2D eigenvalue weighted by Crippen LogP contribution is -2.13. The van der Waals surface area contributed by atoms with Crippen molar-refractivity contribution in [2.45, 2.75) is 36.8 Å². The second kappa shape index (κ2) is 6.48. The Bertz CT molecular complexity index is 654. The van der Waals surface area contributed by atoms with Gasteiger partial charge in [-0.2, -0.15) is 4.98 Å². The Morgan fingerprint density at radius 3 is 2.23 bits per heavy atom. The largest absolute Gasteiger partial charge is 0.495 e. The van der Waals surface area contributed by atoms with E-state index >= 15 is 0 Å². The van der Waals surface area contributed by atoms with E-state index in [0.29, 0.717) is 28.1 Å². The van der Waals surface area contributed by atoms with Gasteiger partial charge < -0.3 is 14.0 Å². The van der Waals surface area contributed by atoms with Crippen molar-refractivity contribution in [2.24, 2.45) is 0 Å². The van der Waals surface area contributed by atoms with Crippen LogP contribution in [0.2, 0.25) is 0 Å². The van der Waals surface area contributed by atoms with Crippen LogP contribution in [-0.2, 0) is 22.0 Å². The number of benzene rings is 1. The molecule has 120 valence electrons. The molecule has 0 unspecified atom stereocenters. The van der Waals surface area contributed by atoms with Gasteiger partial charge in [-0.15, -0.1) is 0 Å². The quantitative estimate of drug-likeness (QED) is 0.842. The average molecular weight is 324 g/mol. The van der Waals surface area contributed by atoms with Gasteiger partial charge in [0.15, 0.2) is 5.82 Å². The molecule has 0 spiro atoms. The molecule has 1 atom stereocenters. The van der Waals surface area contributed by atoms with Crippen LogP contribution >= 0.6 is 0 Å². The molecule has 0 aliphatic rings. The van der Waals surface area contributed by atoms with Crippen molar-refractivity contribution in [3.8, 4) is 11.5 Å². The number of hydrogen-bond donors (Lipinski definition) is 0. The monoisotopic (exact) mass is 324 g/mol. The van der Waals surface area contributed by atoms with E-state index in [1.165, 1.54) is 14.2 Å². The summed E-state index contributed by atoms with van der Waals surface area (Å²) < 4.78 is 28.4. The minimum Gasteiger partial charge on any atom is -0.495 e. The summed E-state index contributed by atoms with van der Waals surface area (Å²) in [6.07, 6.45) is 0. The maximum atomic E-state index is 12.7. The van der Waals surface area contributed by atoms with Crippen molar-refractivity contribution < 1.29 is 18.2 Å². The molecule has 2 aromatic rings. The molecule has 6 nitrogen and oxygen atoms in total. The summed E-state index contributed by atoms with van der Waals surface area (Å²) in [6, 6.07) is 5.26. The van der Waals surface area contributed by atoms with Crippen LogP contribution in [0.1, 0.15) is 32.5 Å². The van der Waals surface area contributed by atoms with Crippen LogP contribution in [0.3, 0.4) is 0 Å². The average Bonchev–Trinajstić information content (AvgIpc) is 2.94. The van der Waals surface area contributed by atoms with Gasteiger partial charge in [-0.05, 0) is 12.1 Å². The van der Waals surface area contributed by atoms with Crippen LogP contribution in [0.25, 0.3) is 0 Å². The molecule has 0 aliphatic carbocycles. The van der Waals surface area contributed by atoms with Crippen LogP contribution in [0.4, 0.5) is 0 Å². The zero-order valence-corrected chi connectivity index (χ0v) is 14.2. The van der Waals surface area contributed by atoms with Gasteiger partial charge in [-0.25, -0.2) is 0 Å². The number of rotatable bonds is 5. The van der Waals surface area contributed by atoms with Gasteiger partial charge in [-0.1, -0.05) is 32.0 Å². The maximum Gasteiger partial charge on any atom is 0.239 e. The molecular weight excluding hydrogens is 304 g/mol. The Kier molecular flexibility index (Phi) is 4.85. The molecular formula is C15H20N2O4S. The van der Waals surface area contributed by atoms with E-state index in [1.54, 1.807) is 18.2 Å². The van der Waals surface area contributed by atoms with Gasteiger partial charge in [0, 0.05) is 5.41 Å². The number of methoxy groups -OCH3 is 2. The Balaban J connectivity index is 2.28. The van der Waals surface area contributed by atoms with E-state index in [0.717, 1.165) is 0 Å². The first-order valence-electron chi connectivity index (χ1n) is 6.79. The predicted molar refractivity (Wildman–Crippen MR) is 82.7 cm³/mol.